The molecule has 0 spiro atoms. The van der Waals surface area contributed by atoms with Crippen LogP contribution in [0.2, 0.25) is 8.67 Å². The molecule has 0 aliphatic rings. The normalized spacial score (nSPS) is 11.1. The van der Waals surface area contributed by atoms with Crippen LogP contribution in [0.25, 0.3) is 21.5 Å². The lowest BCUT2D eigenvalue weighted by Crippen LogP contribution is -1.88. The van der Waals surface area contributed by atoms with E-state index in [9.17, 15) is 0 Å². The smallest absolute Gasteiger partial charge is 0.190 e. The molecule has 122 valence electrons. The first-order chi connectivity index (χ1) is 11.6. The molecule has 9 heteroatoms. The first-order valence-corrected chi connectivity index (χ1v) is 10.0. The first kappa shape index (κ1) is 16.1. The highest BCUT2D eigenvalue weighted by atomic mass is 35.5. The number of thiazole rings is 2. The van der Waals surface area contributed by atoms with Gasteiger partial charge >= 0.3 is 0 Å². The lowest BCUT2D eigenvalue weighted by atomic mass is 10.3. The number of fused-ring (bicyclic) bond motifs is 1. The molecule has 0 amide bonds. The summed E-state index contributed by atoms with van der Waals surface area (Å²) in [5.74, 6) is 0.792. The maximum Gasteiger partial charge on any atom is 0.190 e. The van der Waals surface area contributed by atoms with Gasteiger partial charge < -0.3 is 10.1 Å². The van der Waals surface area contributed by atoms with Gasteiger partial charge in [-0.2, -0.15) is 0 Å². The SMILES string of the molecule is COc1ccc2sc(Nc3nc(-c4cc(Cl)sc4Cl)cs3)nc2c1. The third-order valence-electron chi connectivity index (χ3n) is 3.25. The first-order valence-electron chi connectivity index (χ1n) is 6.75. The molecule has 24 heavy (non-hydrogen) atoms. The molecule has 0 fully saturated rings. The predicted molar refractivity (Wildman–Crippen MR) is 105 cm³/mol. The quantitative estimate of drug-likeness (QED) is 0.412. The second-order valence-corrected chi connectivity index (χ2v) is 8.93. The minimum absolute atomic E-state index is 0.643. The number of ether oxygens (including phenoxy) is 1. The number of anilines is 2. The molecule has 4 nitrogen and oxygen atoms in total. The van der Waals surface area contributed by atoms with Gasteiger partial charge in [-0.1, -0.05) is 34.5 Å². The van der Waals surface area contributed by atoms with Crippen molar-refractivity contribution >= 4 is 77.7 Å². The van der Waals surface area contributed by atoms with Crippen LogP contribution in [0, 0.1) is 0 Å². The summed E-state index contributed by atoms with van der Waals surface area (Å²) in [7, 11) is 1.64. The van der Waals surface area contributed by atoms with Gasteiger partial charge in [0.15, 0.2) is 10.3 Å². The fourth-order valence-corrected chi connectivity index (χ4v) is 5.25. The van der Waals surface area contributed by atoms with Crippen molar-refractivity contribution in [1.82, 2.24) is 9.97 Å². The van der Waals surface area contributed by atoms with E-state index in [1.807, 2.05) is 29.6 Å². The molecule has 4 rings (SSSR count). The van der Waals surface area contributed by atoms with Crippen molar-refractivity contribution in [3.05, 3.63) is 38.3 Å². The summed E-state index contributed by atoms with van der Waals surface area (Å²) in [5.41, 5.74) is 2.55. The van der Waals surface area contributed by atoms with Crippen LogP contribution in [0.15, 0.2) is 29.6 Å². The number of nitrogens with one attached hydrogen (secondary N) is 1. The van der Waals surface area contributed by atoms with Crippen molar-refractivity contribution in [2.45, 2.75) is 0 Å². The Labute approximate surface area is 159 Å². The summed E-state index contributed by atoms with van der Waals surface area (Å²) in [4.78, 5) is 9.14. The Bertz CT molecular complexity index is 1020. The van der Waals surface area contributed by atoms with Crippen LogP contribution in [-0.2, 0) is 0 Å². The van der Waals surface area contributed by atoms with Gasteiger partial charge in [-0.05, 0) is 18.2 Å². The average molecular weight is 414 g/mol. The number of thiophene rings is 1. The molecule has 0 aliphatic heterocycles. The van der Waals surface area contributed by atoms with Gasteiger partial charge in [-0.15, -0.1) is 22.7 Å². The van der Waals surface area contributed by atoms with Crippen LogP contribution in [0.1, 0.15) is 0 Å². The lowest BCUT2D eigenvalue weighted by molar-refractivity contribution is 0.415. The molecule has 3 aromatic heterocycles. The highest BCUT2D eigenvalue weighted by Crippen LogP contribution is 2.39. The summed E-state index contributed by atoms with van der Waals surface area (Å²) in [6.07, 6.45) is 0. The molecule has 0 saturated heterocycles. The van der Waals surface area contributed by atoms with E-state index in [1.54, 1.807) is 18.4 Å². The van der Waals surface area contributed by atoms with Crippen molar-refractivity contribution in [3.8, 4) is 17.0 Å². The van der Waals surface area contributed by atoms with Gasteiger partial charge in [0.1, 0.15) is 10.1 Å². The third-order valence-corrected chi connectivity index (χ3v) is 6.44. The molecule has 0 saturated carbocycles. The maximum atomic E-state index is 6.19. The van der Waals surface area contributed by atoms with E-state index in [1.165, 1.54) is 22.7 Å². The second-order valence-electron chi connectivity index (χ2n) is 4.75. The fourth-order valence-electron chi connectivity index (χ4n) is 2.15. The number of aromatic nitrogens is 2. The molecular formula is C15H9Cl2N3OS3. The zero-order chi connectivity index (χ0) is 16.7. The van der Waals surface area contributed by atoms with Crippen molar-refractivity contribution in [2.75, 3.05) is 12.4 Å². The minimum atomic E-state index is 0.643. The number of nitrogens with zero attached hydrogens (tertiary/aromatic N) is 2. The third kappa shape index (κ3) is 3.10. The monoisotopic (exact) mass is 413 g/mol. The lowest BCUT2D eigenvalue weighted by Gasteiger charge is -1.96. The molecule has 0 atom stereocenters. The highest BCUT2D eigenvalue weighted by Gasteiger charge is 2.13. The molecular weight excluding hydrogens is 405 g/mol. The Kier molecular flexibility index (Phi) is 4.36. The van der Waals surface area contributed by atoms with Crippen LogP contribution in [0.3, 0.4) is 0 Å². The van der Waals surface area contributed by atoms with E-state index >= 15 is 0 Å². The van der Waals surface area contributed by atoms with Crippen LogP contribution in [0.5, 0.6) is 5.75 Å². The Balaban J connectivity index is 1.61. The summed E-state index contributed by atoms with van der Waals surface area (Å²) >= 11 is 16.6. The number of hydrogen-bond donors (Lipinski definition) is 1. The van der Waals surface area contributed by atoms with Gasteiger partial charge in [0.2, 0.25) is 0 Å². The van der Waals surface area contributed by atoms with Crippen LogP contribution in [-0.4, -0.2) is 17.1 Å². The molecule has 3 heterocycles. The number of halogens is 2. The van der Waals surface area contributed by atoms with Gasteiger partial charge in [-0.25, -0.2) is 9.97 Å². The van der Waals surface area contributed by atoms with Crippen LogP contribution < -0.4 is 10.1 Å². The zero-order valence-corrected chi connectivity index (χ0v) is 16.1. The molecule has 1 aromatic carbocycles. The number of rotatable bonds is 4. The van der Waals surface area contributed by atoms with Gasteiger partial charge in [0, 0.05) is 17.0 Å². The van der Waals surface area contributed by atoms with Crippen molar-refractivity contribution < 1.29 is 4.74 Å². The number of benzene rings is 1. The van der Waals surface area contributed by atoms with Gasteiger partial charge in [-0.3, -0.25) is 0 Å². The van der Waals surface area contributed by atoms with Crippen molar-refractivity contribution in [1.29, 1.82) is 0 Å². The Morgan fingerprint density at radius 2 is 1.96 bits per heavy atom. The zero-order valence-electron chi connectivity index (χ0n) is 12.2. The highest BCUT2D eigenvalue weighted by molar-refractivity contribution is 7.22. The maximum absolute atomic E-state index is 6.19. The van der Waals surface area contributed by atoms with Crippen LogP contribution in [0.4, 0.5) is 10.3 Å². The molecule has 0 aliphatic carbocycles. The average Bonchev–Trinajstić information content (AvgIpc) is 3.25. The summed E-state index contributed by atoms with van der Waals surface area (Å²) < 4.78 is 7.61. The summed E-state index contributed by atoms with van der Waals surface area (Å²) in [5, 5.41) is 6.74. The van der Waals surface area contributed by atoms with E-state index in [-0.39, 0.29) is 0 Å². The number of hydrogen-bond acceptors (Lipinski definition) is 7. The van der Waals surface area contributed by atoms with E-state index in [4.69, 9.17) is 27.9 Å². The van der Waals surface area contributed by atoms with E-state index < -0.39 is 0 Å². The molecule has 1 N–H and O–H groups in total. The van der Waals surface area contributed by atoms with Crippen molar-refractivity contribution in [3.63, 3.8) is 0 Å². The van der Waals surface area contributed by atoms with Crippen molar-refractivity contribution in [2.24, 2.45) is 0 Å². The van der Waals surface area contributed by atoms with E-state index in [0.717, 1.165) is 37.5 Å². The Hall–Kier alpha value is -1.38. The Morgan fingerprint density at radius 1 is 1.08 bits per heavy atom. The van der Waals surface area contributed by atoms with E-state index in [2.05, 4.69) is 15.3 Å². The molecule has 4 aromatic rings. The van der Waals surface area contributed by atoms with Gasteiger partial charge in [0.25, 0.3) is 0 Å². The van der Waals surface area contributed by atoms with E-state index in [0.29, 0.717) is 8.67 Å². The van der Waals surface area contributed by atoms with Crippen LogP contribution >= 0.6 is 57.2 Å². The Morgan fingerprint density at radius 3 is 2.71 bits per heavy atom. The summed E-state index contributed by atoms with van der Waals surface area (Å²) in [6.45, 7) is 0. The predicted octanol–water partition coefficient (Wildman–Crippen LogP) is 6.54. The number of methoxy groups -OCH3 is 1. The second kappa shape index (κ2) is 6.50. The topological polar surface area (TPSA) is 47.0 Å². The standard InChI is InChI=1S/C15H9Cl2N3OS3/c1-21-7-2-3-11-9(4-7)18-15(23-11)20-14-19-10(6-22-14)8-5-12(16)24-13(8)17/h2-6H,1H3,(H,18,19,20). The molecule has 0 bridgehead atoms. The molecule has 0 radical (unpaired) electrons. The fraction of sp³-hybridized carbons (Fsp3) is 0.0667. The van der Waals surface area contributed by atoms with Gasteiger partial charge in [0.05, 0.1) is 27.4 Å². The largest absolute Gasteiger partial charge is 0.497 e. The summed E-state index contributed by atoms with van der Waals surface area (Å²) in [6, 6.07) is 7.67. The molecule has 0 unspecified atom stereocenters. The minimum Gasteiger partial charge on any atom is -0.497 e.